The van der Waals surface area contributed by atoms with Gasteiger partial charge in [0, 0.05) is 43.7 Å². The summed E-state index contributed by atoms with van der Waals surface area (Å²) in [5.74, 6) is 0.484. The lowest BCUT2D eigenvalue weighted by atomic mass is 10.1. The first kappa shape index (κ1) is 26.0. The molecule has 3 amide bonds. The number of hydrogen-bond donors (Lipinski definition) is 3. The van der Waals surface area contributed by atoms with Crippen molar-refractivity contribution in [2.45, 2.75) is 58.0 Å². The second-order valence-corrected chi connectivity index (χ2v) is 9.54. The number of likely N-dealkylation sites (tertiary alicyclic amines) is 2. The second kappa shape index (κ2) is 11.8. The summed E-state index contributed by atoms with van der Waals surface area (Å²) in [6, 6.07) is 6.67. The number of nitrogens with zero attached hydrogens (tertiary/aromatic N) is 4. The molecule has 2 atom stereocenters. The number of anilines is 1. The van der Waals surface area contributed by atoms with Gasteiger partial charge in [-0.15, -0.1) is 0 Å². The first-order valence-corrected chi connectivity index (χ1v) is 12.7. The summed E-state index contributed by atoms with van der Waals surface area (Å²) < 4.78 is 5.61. The maximum Gasteiger partial charge on any atom is 0.247 e. The number of guanidine groups is 1. The van der Waals surface area contributed by atoms with Crippen LogP contribution in [0, 0.1) is 18.4 Å². The Balaban J connectivity index is 1.45. The molecule has 2 fully saturated rings. The summed E-state index contributed by atoms with van der Waals surface area (Å²) in [5, 5.41) is 18.6. The second-order valence-electron chi connectivity index (χ2n) is 9.54. The third-order valence-corrected chi connectivity index (χ3v) is 6.72. The van der Waals surface area contributed by atoms with Crippen molar-refractivity contribution in [1.29, 1.82) is 5.26 Å². The molecule has 2 saturated heterocycles. The minimum Gasteiger partial charge on any atom is -0.461 e. The largest absolute Gasteiger partial charge is 0.461 e. The van der Waals surface area contributed by atoms with E-state index in [4.69, 9.17) is 4.42 Å². The van der Waals surface area contributed by atoms with Gasteiger partial charge in [-0.1, -0.05) is 0 Å². The molecular formula is C26H33N7O4. The molecule has 1 aromatic carbocycles. The van der Waals surface area contributed by atoms with Crippen LogP contribution in [0.2, 0.25) is 0 Å². The Kier molecular flexibility index (Phi) is 8.28. The maximum atomic E-state index is 13.4. The minimum atomic E-state index is -0.715. The number of aryl methyl sites for hydroxylation is 1. The fraction of sp³-hybridized carbons (Fsp3) is 0.500. The number of aliphatic imine (C=N–C) groups is 1. The predicted octanol–water partition coefficient (Wildman–Crippen LogP) is 2.09. The number of furan rings is 1. The summed E-state index contributed by atoms with van der Waals surface area (Å²) in [4.78, 5) is 45.7. The average Bonchev–Trinajstić information content (AvgIpc) is 3.44. The van der Waals surface area contributed by atoms with Gasteiger partial charge in [-0.05, 0) is 63.3 Å². The van der Waals surface area contributed by atoms with Crippen LogP contribution in [0.25, 0.3) is 11.0 Å². The Bertz CT molecular complexity index is 1230. The van der Waals surface area contributed by atoms with E-state index in [-0.39, 0.29) is 36.3 Å². The number of fused-ring (bicyclic) bond motifs is 1. The van der Waals surface area contributed by atoms with E-state index in [0.717, 1.165) is 42.4 Å². The van der Waals surface area contributed by atoms with Gasteiger partial charge >= 0.3 is 0 Å². The molecule has 3 heterocycles. The number of carbonyl (C=O) groups excluding carboxylic acids is 3. The van der Waals surface area contributed by atoms with E-state index in [1.54, 1.807) is 9.80 Å². The van der Waals surface area contributed by atoms with Crippen LogP contribution >= 0.6 is 0 Å². The van der Waals surface area contributed by atoms with E-state index < -0.39 is 6.04 Å². The molecule has 0 saturated carbocycles. The highest BCUT2D eigenvalue weighted by Gasteiger charge is 2.33. The summed E-state index contributed by atoms with van der Waals surface area (Å²) in [7, 11) is 0. The summed E-state index contributed by atoms with van der Waals surface area (Å²) >= 11 is 0. The Morgan fingerprint density at radius 2 is 2.03 bits per heavy atom. The predicted molar refractivity (Wildman–Crippen MR) is 138 cm³/mol. The van der Waals surface area contributed by atoms with Gasteiger partial charge in [-0.2, -0.15) is 5.26 Å². The minimum absolute atomic E-state index is 0.0215. The standard InChI is InChI=1S/C26H33N7O4/c1-17-12-19-13-20(8-9-23(19)37-17)30-26(29-16-27)31-22-7-3-4-10-32(25(22)36)15-24(35)33-11-5-6-21(33)14-28-18(2)34/h8-9,12-13,21-22H,3-7,10-11,14-15H2,1-2H3,(H,28,34)(H2,29,30,31)/t21-,22-/m0/s1. The Morgan fingerprint density at radius 3 is 2.81 bits per heavy atom. The molecule has 0 unspecified atom stereocenters. The van der Waals surface area contributed by atoms with Crippen LogP contribution in [0.15, 0.2) is 33.7 Å². The van der Waals surface area contributed by atoms with E-state index in [2.05, 4.69) is 20.9 Å². The van der Waals surface area contributed by atoms with Crippen molar-refractivity contribution < 1.29 is 18.8 Å². The number of amides is 3. The average molecular weight is 508 g/mol. The molecule has 37 heavy (non-hydrogen) atoms. The van der Waals surface area contributed by atoms with Crippen LogP contribution in [-0.4, -0.2) is 71.7 Å². The molecular weight excluding hydrogens is 474 g/mol. The third kappa shape index (κ3) is 6.58. The lowest BCUT2D eigenvalue weighted by Gasteiger charge is -2.29. The summed E-state index contributed by atoms with van der Waals surface area (Å²) in [5.41, 5.74) is 1.45. The van der Waals surface area contributed by atoms with Crippen LogP contribution in [0.3, 0.4) is 0 Å². The van der Waals surface area contributed by atoms with E-state index in [9.17, 15) is 19.6 Å². The number of carbonyl (C=O) groups is 3. The van der Waals surface area contributed by atoms with Crippen molar-refractivity contribution >= 4 is 40.3 Å². The van der Waals surface area contributed by atoms with E-state index in [0.29, 0.717) is 31.7 Å². The van der Waals surface area contributed by atoms with Gasteiger partial charge in [-0.25, -0.2) is 4.99 Å². The van der Waals surface area contributed by atoms with Crippen molar-refractivity contribution in [2.24, 2.45) is 4.99 Å². The van der Waals surface area contributed by atoms with Gasteiger partial charge < -0.3 is 24.9 Å². The quantitative estimate of drug-likeness (QED) is 0.235. The third-order valence-electron chi connectivity index (χ3n) is 6.72. The topological polar surface area (TPSA) is 143 Å². The smallest absolute Gasteiger partial charge is 0.247 e. The van der Waals surface area contributed by atoms with E-state index in [1.807, 2.05) is 37.4 Å². The Labute approximate surface area is 215 Å². The molecule has 0 bridgehead atoms. The van der Waals surface area contributed by atoms with E-state index >= 15 is 0 Å². The Hall–Kier alpha value is -4.07. The van der Waals surface area contributed by atoms with Crippen LogP contribution in [-0.2, 0) is 14.4 Å². The highest BCUT2D eigenvalue weighted by Crippen LogP contribution is 2.23. The first-order chi connectivity index (χ1) is 17.8. The van der Waals surface area contributed by atoms with Crippen molar-refractivity contribution in [2.75, 3.05) is 31.5 Å². The highest BCUT2D eigenvalue weighted by molar-refractivity contribution is 5.98. The van der Waals surface area contributed by atoms with Gasteiger partial charge in [-0.3, -0.25) is 19.7 Å². The molecule has 2 aliphatic rings. The van der Waals surface area contributed by atoms with E-state index in [1.165, 1.54) is 6.92 Å². The maximum absolute atomic E-state index is 13.4. The number of benzene rings is 1. The van der Waals surface area contributed by atoms with Gasteiger partial charge in [0.05, 0.1) is 6.54 Å². The molecule has 0 aliphatic carbocycles. The molecule has 11 heteroatoms. The lowest BCUT2D eigenvalue weighted by molar-refractivity contribution is -0.141. The summed E-state index contributed by atoms with van der Waals surface area (Å²) in [6.07, 6.45) is 5.64. The number of hydrogen-bond acceptors (Lipinski definition) is 6. The Morgan fingerprint density at radius 1 is 1.19 bits per heavy atom. The zero-order valence-corrected chi connectivity index (χ0v) is 21.2. The van der Waals surface area contributed by atoms with Gasteiger partial charge in [0.2, 0.25) is 23.7 Å². The molecule has 0 spiro atoms. The SMILES string of the molecule is CC(=O)NC[C@@H]1CCCN1C(=O)CN1CCCC[C@H](N=C(NC#N)Nc2ccc3oc(C)cc3c2)C1=O. The van der Waals surface area contributed by atoms with Crippen molar-refractivity contribution in [3.8, 4) is 6.19 Å². The molecule has 196 valence electrons. The number of nitriles is 1. The number of nitrogens with one attached hydrogen (secondary N) is 3. The first-order valence-electron chi connectivity index (χ1n) is 12.7. The van der Waals surface area contributed by atoms with Crippen molar-refractivity contribution in [3.63, 3.8) is 0 Å². The van der Waals surface area contributed by atoms with Crippen molar-refractivity contribution in [1.82, 2.24) is 20.4 Å². The normalized spacial score (nSPS) is 20.5. The fourth-order valence-electron chi connectivity index (χ4n) is 4.95. The molecule has 1 aromatic heterocycles. The fourth-order valence-corrected chi connectivity index (χ4v) is 4.95. The van der Waals surface area contributed by atoms with Crippen molar-refractivity contribution in [3.05, 3.63) is 30.0 Å². The molecule has 2 aromatic rings. The van der Waals surface area contributed by atoms with Crippen LogP contribution < -0.4 is 16.0 Å². The molecule has 4 rings (SSSR count). The molecule has 0 radical (unpaired) electrons. The van der Waals surface area contributed by atoms with Crippen LogP contribution in [0.4, 0.5) is 5.69 Å². The molecule has 2 aliphatic heterocycles. The van der Waals surface area contributed by atoms with Crippen LogP contribution in [0.5, 0.6) is 0 Å². The number of rotatable bonds is 6. The zero-order chi connectivity index (χ0) is 26.4. The molecule has 11 nitrogen and oxygen atoms in total. The van der Waals surface area contributed by atoms with Gasteiger partial charge in [0.25, 0.3) is 0 Å². The zero-order valence-electron chi connectivity index (χ0n) is 21.2. The van der Waals surface area contributed by atoms with Crippen LogP contribution in [0.1, 0.15) is 44.8 Å². The lowest BCUT2D eigenvalue weighted by Crippen LogP contribution is -2.49. The summed E-state index contributed by atoms with van der Waals surface area (Å²) in [6.45, 7) is 4.82. The highest BCUT2D eigenvalue weighted by atomic mass is 16.3. The molecule has 3 N–H and O–H groups in total. The monoisotopic (exact) mass is 507 g/mol. The van der Waals surface area contributed by atoms with Gasteiger partial charge in [0.1, 0.15) is 17.4 Å². The van der Waals surface area contributed by atoms with Gasteiger partial charge in [0.15, 0.2) is 6.19 Å².